The van der Waals surface area contributed by atoms with Crippen molar-refractivity contribution in [2.24, 2.45) is 0 Å². The number of nitrogens with one attached hydrogen (secondary N) is 1. The Morgan fingerprint density at radius 3 is 2.57 bits per heavy atom. The Labute approximate surface area is 163 Å². The van der Waals surface area contributed by atoms with Crippen molar-refractivity contribution in [3.63, 3.8) is 0 Å². The summed E-state index contributed by atoms with van der Waals surface area (Å²) in [6.07, 6.45) is 9.82. The van der Waals surface area contributed by atoms with E-state index in [4.69, 9.17) is 0 Å². The van der Waals surface area contributed by atoms with Crippen molar-refractivity contribution in [2.75, 3.05) is 37.6 Å². The fourth-order valence-electron chi connectivity index (χ4n) is 3.41. The minimum absolute atomic E-state index is 0.0151. The second kappa shape index (κ2) is 8.30. The van der Waals surface area contributed by atoms with E-state index in [1.165, 1.54) is 0 Å². The van der Waals surface area contributed by atoms with E-state index in [1.807, 2.05) is 35.9 Å². The van der Waals surface area contributed by atoms with Crippen molar-refractivity contribution in [1.82, 2.24) is 34.6 Å². The van der Waals surface area contributed by atoms with Gasteiger partial charge in [-0.25, -0.2) is 19.9 Å². The van der Waals surface area contributed by atoms with Crippen LogP contribution < -0.4 is 10.2 Å². The first-order valence-corrected chi connectivity index (χ1v) is 9.56. The molecule has 3 aromatic heterocycles. The Morgan fingerprint density at radius 1 is 1.11 bits per heavy atom. The normalized spacial score (nSPS) is 16.2. The number of rotatable bonds is 6. The van der Waals surface area contributed by atoms with Crippen LogP contribution in [-0.2, 0) is 4.79 Å². The third-order valence-electron chi connectivity index (χ3n) is 4.93. The summed E-state index contributed by atoms with van der Waals surface area (Å²) in [5.74, 6) is 1.41. The van der Waals surface area contributed by atoms with Crippen LogP contribution in [0.25, 0.3) is 5.78 Å². The van der Waals surface area contributed by atoms with Gasteiger partial charge in [-0.2, -0.15) is 0 Å². The molecule has 1 N–H and O–H groups in total. The minimum atomic E-state index is -0.117. The van der Waals surface area contributed by atoms with Gasteiger partial charge >= 0.3 is 0 Å². The molecule has 1 fully saturated rings. The monoisotopic (exact) mass is 380 g/mol. The molecule has 146 valence electrons. The smallest absolute Gasteiger partial charge is 0.234 e. The maximum atomic E-state index is 12.6. The molecule has 0 aliphatic carbocycles. The van der Waals surface area contributed by atoms with E-state index in [9.17, 15) is 4.79 Å². The zero-order chi connectivity index (χ0) is 19.3. The highest BCUT2D eigenvalue weighted by Crippen LogP contribution is 2.16. The highest BCUT2D eigenvalue weighted by atomic mass is 16.2. The van der Waals surface area contributed by atoms with E-state index >= 15 is 0 Å². The van der Waals surface area contributed by atoms with E-state index < -0.39 is 0 Å². The number of imidazole rings is 1. The summed E-state index contributed by atoms with van der Waals surface area (Å²) < 4.78 is 1.87. The van der Waals surface area contributed by atoms with Gasteiger partial charge in [0.2, 0.25) is 17.6 Å². The lowest BCUT2D eigenvalue weighted by Gasteiger charge is -2.34. The first-order valence-electron chi connectivity index (χ1n) is 9.56. The van der Waals surface area contributed by atoms with Crippen molar-refractivity contribution >= 4 is 17.6 Å². The van der Waals surface area contributed by atoms with Gasteiger partial charge in [0, 0.05) is 57.2 Å². The van der Waals surface area contributed by atoms with Crippen molar-refractivity contribution in [3.8, 4) is 0 Å². The fourth-order valence-corrected chi connectivity index (χ4v) is 3.41. The van der Waals surface area contributed by atoms with Crippen LogP contribution in [0.5, 0.6) is 0 Å². The predicted octanol–water partition coefficient (Wildman–Crippen LogP) is 0.909. The summed E-state index contributed by atoms with van der Waals surface area (Å²) in [6.45, 7) is 5.66. The zero-order valence-electron chi connectivity index (χ0n) is 15.9. The molecule has 0 spiro atoms. The van der Waals surface area contributed by atoms with Crippen LogP contribution in [0.3, 0.4) is 0 Å². The minimum Gasteiger partial charge on any atom is -0.347 e. The fraction of sp³-hybridized carbons (Fsp3) is 0.421. The van der Waals surface area contributed by atoms with Gasteiger partial charge in [0.15, 0.2) is 0 Å². The number of anilines is 1. The number of hydrogen-bond acceptors (Lipinski definition) is 7. The van der Waals surface area contributed by atoms with Gasteiger partial charge in [0.1, 0.15) is 0 Å². The summed E-state index contributed by atoms with van der Waals surface area (Å²) in [5, 5.41) is 3.11. The number of aromatic nitrogens is 5. The second-order valence-corrected chi connectivity index (χ2v) is 6.83. The standard InChI is InChI=1S/C19H24N8O/c1-2-15(16-13-27-8-4-7-22-19(27)24-16)23-17(28)14-25-9-11-26(12-10-25)18-20-5-3-6-21-18/h3-8,13,15H,2,9-12,14H2,1H3,(H,23,28)/t15-/m0/s1. The third-order valence-corrected chi connectivity index (χ3v) is 4.93. The van der Waals surface area contributed by atoms with Gasteiger partial charge < -0.3 is 10.2 Å². The topological polar surface area (TPSA) is 91.6 Å². The van der Waals surface area contributed by atoms with E-state index in [0.29, 0.717) is 12.3 Å². The first kappa shape index (κ1) is 18.3. The molecule has 1 atom stereocenters. The molecule has 4 heterocycles. The molecule has 1 amide bonds. The summed E-state index contributed by atoms with van der Waals surface area (Å²) in [4.78, 5) is 34.2. The summed E-state index contributed by atoms with van der Waals surface area (Å²) in [5.41, 5.74) is 0.834. The average molecular weight is 380 g/mol. The van der Waals surface area contributed by atoms with Gasteiger partial charge in [-0.05, 0) is 18.6 Å². The number of carbonyl (C=O) groups is 1. The number of amides is 1. The van der Waals surface area contributed by atoms with E-state index in [-0.39, 0.29) is 11.9 Å². The summed E-state index contributed by atoms with van der Waals surface area (Å²) in [6, 6.07) is 3.55. The molecule has 1 saturated heterocycles. The summed E-state index contributed by atoms with van der Waals surface area (Å²) >= 11 is 0. The zero-order valence-corrected chi connectivity index (χ0v) is 15.9. The summed E-state index contributed by atoms with van der Waals surface area (Å²) in [7, 11) is 0. The van der Waals surface area contributed by atoms with Crippen LogP contribution in [0.4, 0.5) is 5.95 Å². The molecule has 1 aliphatic heterocycles. The van der Waals surface area contributed by atoms with Crippen molar-refractivity contribution in [3.05, 3.63) is 48.8 Å². The highest BCUT2D eigenvalue weighted by molar-refractivity contribution is 5.78. The number of carbonyl (C=O) groups excluding carboxylic acids is 1. The molecular weight excluding hydrogens is 356 g/mol. The molecule has 0 aromatic carbocycles. The van der Waals surface area contributed by atoms with Gasteiger partial charge in [0.25, 0.3) is 0 Å². The van der Waals surface area contributed by atoms with Crippen LogP contribution in [0.1, 0.15) is 25.1 Å². The largest absolute Gasteiger partial charge is 0.347 e. The first-order chi connectivity index (χ1) is 13.7. The van der Waals surface area contributed by atoms with Gasteiger partial charge in [-0.3, -0.25) is 14.1 Å². The molecule has 0 bridgehead atoms. The molecular formula is C19H24N8O. The van der Waals surface area contributed by atoms with E-state index in [1.54, 1.807) is 18.6 Å². The molecule has 28 heavy (non-hydrogen) atoms. The quantitative estimate of drug-likeness (QED) is 0.679. The Hall–Kier alpha value is -3.07. The molecule has 0 radical (unpaired) electrons. The van der Waals surface area contributed by atoms with Gasteiger partial charge in [-0.1, -0.05) is 6.92 Å². The van der Waals surface area contributed by atoms with Crippen molar-refractivity contribution in [1.29, 1.82) is 0 Å². The van der Waals surface area contributed by atoms with E-state index in [2.05, 4.69) is 35.1 Å². The molecule has 1 aliphatic rings. The molecule has 4 rings (SSSR count). The van der Waals surface area contributed by atoms with Crippen LogP contribution in [0.2, 0.25) is 0 Å². The van der Waals surface area contributed by atoms with Gasteiger partial charge in [0.05, 0.1) is 18.3 Å². The van der Waals surface area contributed by atoms with Gasteiger partial charge in [-0.15, -0.1) is 0 Å². The predicted molar refractivity (Wildman–Crippen MR) is 105 cm³/mol. The molecule has 9 heteroatoms. The maximum Gasteiger partial charge on any atom is 0.234 e. The maximum absolute atomic E-state index is 12.6. The Kier molecular flexibility index (Phi) is 5.43. The van der Waals surface area contributed by atoms with Crippen LogP contribution in [0, 0.1) is 0 Å². The van der Waals surface area contributed by atoms with Crippen LogP contribution in [-0.4, -0.2) is 67.9 Å². The third kappa shape index (κ3) is 4.09. The lowest BCUT2D eigenvalue weighted by Crippen LogP contribution is -2.50. The lowest BCUT2D eigenvalue weighted by molar-refractivity contribution is -0.123. The second-order valence-electron chi connectivity index (χ2n) is 6.83. The molecule has 9 nitrogen and oxygen atoms in total. The van der Waals surface area contributed by atoms with Crippen molar-refractivity contribution < 1.29 is 4.79 Å². The van der Waals surface area contributed by atoms with Crippen molar-refractivity contribution in [2.45, 2.75) is 19.4 Å². The molecule has 0 unspecified atom stereocenters. The Bertz CT molecular complexity index is 887. The average Bonchev–Trinajstić information content (AvgIpc) is 3.17. The van der Waals surface area contributed by atoms with Crippen LogP contribution >= 0.6 is 0 Å². The SMILES string of the molecule is CC[C@H](NC(=O)CN1CCN(c2ncccn2)CC1)c1cn2cccnc2n1. The molecule has 3 aromatic rings. The Balaban J connectivity index is 1.31. The number of hydrogen-bond donors (Lipinski definition) is 1. The van der Waals surface area contributed by atoms with E-state index in [0.717, 1.165) is 44.2 Å². The number of piperazine rings is 1. The molecule has 0 saturated carbocycles. The Morgan fingerprint density at radius 2 is 1.86 bits per heavy atom. The van der Waals surface area contributed by atoms with Crippen LogP contribution in [0.15, 0.2) is 43.1 Å². The highest BCUT2D eigenvalue weighted by Gasteiger charge is 2.22. The number of nitrogens with zero attached hydrogens (tertiary/aromatic N) is 7. The number of fused-ring (bicyclic) bond motifs is 1. The lowest BCUT2D eigenvalue weighted by atomic mass is 10.1.